The molecule has 100 valence electrons. The summed E-state index contributed by atoms with van der Waals surface area (Å²) in [7, 11) is 1.93. The quantitative estimate of drug-likeness (QED) is 0.854. The van der Waals surface area contributed by atoms with E-state index in [1.165, 1.54) is 12.3 Å². The van der Waals surface area contributed by atoms with Gasteiger partial charge >= 0.3 is 5.97 Å². The maximum atomic E-state index is 10.7. The third-order valence-electron chi connectivity index (χ3n) is 3.57. The lowest BCUT2D eigenvalue weighted by atomic mass is 9.91. The van der Waals surface area contributed by atoms with E-state index in [4.69, 9.17) is 9.52 Å². The topological polar surface area (TPSA) is 73.9 Å². The molecule has 1 aromatic rings. The summed E-state index contributed by atoms with van der Waals surface area (Å²) in [6, 6.07) is 1.67. The van der Waals surface area contributed by atoms with E-state index >= 15 is 0 Å². The average Bonchev–Trinajstić information content (AvgIpc) is 2.78. The molecule has 0 radical (unpaired) electrons. The van der Waals surface area contributed by atoms with Crippen LogP contribution in [0.4, 0.5) is 0 Å². The van der Waals surface area contributed by atoms with Gasteiger partial charge in [0.2, 0.25) is 0 Å². The standard InChI is InChI=1S/C13H19NO4/c1-14(11-4-2-3-5-12(11)15)7-10-6-9(8-18-10)13(16)17/h6,8,11-12,15H,2-5,7H2,1H3,(H,16,17). The minimum Gasteiger partial charge on any atom is -0.478 e. The summed E-state index contributed by atoms with van der Waals surface area (Å²) in [6.07, 6.45) is 4.98. The van der Waals surface area contributed by atoms with Crippen molar-refractivity contribution >= 4 is 5.97 Å². The Morgan fingerprint density at radius 1 is 1.50 bits per heavy atom. The number of aliphatic hydroxyl groups excluding tert-OH is 1. The fourth-order valence-corrected chi connectivity index (χ4v) is 2.54. The van der Waals surface area contributed by atoms with Gasteiger partial charge in [-0.25, -0.2) is 4.79 Å². The summed E-state index contributed by atoms with van der Waals surface area (Å²) in [5.41, 5.74) is 0.169. The van der Waals surface area contributed by atoms with Gasteiger partial charge in [0.1, 0.15) is 12.0 Å². The van der Waals surface area contributed by atoms with Crippen LogP contribution in [0.25, 0.3) is 0 Å². The first-order chi connectivity index (χ1) is 8.58. The maximum absolute atomic E-state index is 10.7. The molecule has 0 amide bonds. The third kappa shape index (κ3) is 2.91. The molecular formula is C13H19NO4. The zero-order valence-electron chi connectivity index (χ0n) is 10.5. The molecule has 18 heavy (non-hydrogen) atoms. The van der Waals surface area contributed by atoms with E-state index in [0.717, 1.165) is 25.7 Å². The van der Waals surface area contributed by atoms with E-state index < -0.39 is 5.97 Å². The van der Waals surface area contributed by atoms with Crippen molar-refractivity contribution in [3.63, 3.8) is 0 Å². The number of likely N-dealkylation sites (N-methyl/N-ethyl adjacent to an activating group) is 1. The van der Waals surface area contributed by atoms with Gasteiger partial charge in [0.05, 0.1) is 18.2 Å². The van der Waals surface area contributed by atoms with Gasteiger partial charge < -0.3 is 14.6 Å². The monoisotopic (exact) mass is 253 g/mol. The SMILES string of the molecule is CN(Cc1cc(C(=O)O)co1)C1CCCCC1O. The van der Waals surface area contributed by atoms with Gasteiger partial charge in [0.15, 0.2) is 0 Å². The first-order valence-electron chi connectivity index (χ1n) is 6.27. The van der Waals surface area contributed by atoms with Crippen LogP contribution in [0.3, 0.4) is 0 Å². The summed E-state index contributed by atoms with van der Waals surface area (Å²) in [4.78, 5) is 12.8. The van der Waals surface area contributed by atoms with Gasteiger partial charge in [-0.2, -0.15) is 0 Å². The average molecular weight is 253 g/mol. The molecule has 5 heteroatoms. The number of aliphatic hydroxyl groups is 1. The molecule has 1 aromatic heterocycles. The predicted octanol–water partition coefficient (Wildman–Crippen LogP) is 1.71. The molecule has 2 unspecified atom stereocenters. The largest absolute Gasteiger partial charge is 0.478 e. The lowest BCUT2D eigenvalue weighted by Crippen LogP contribution is -2.42. The van der Waals surface area contributed by atoms with E-state index in [0.29, 0.717) is 12.3 Å². The highest BCUT2D eigenvalue weighted by atomic mass is 16.4. The van der Waals surface area contributed by atoms with Crippen LogP contribution < -0.4 is 0 Å². The van der Waals surface area contributed by atoms with E-state index in [-0.39, 0.29) is 17.7 Å². The maximum Gasteiger partial charge on any atom is 0.338 e. The Morgan fingerprint density at radius 2 is 2.22 bits per heavy atom. The predicted molar refractivity (Wildman–Crippen MR) is 65.4 cm³/mol. The Kier molecular flexibility index (Phi) is 4.04. The van der Waals surface area contributed by atoms with Gasteiger partial charge in [-0.15, -0.1) is 0 Å². The lowest BCUT2D eigenvalue weighted by Gasteiger charge is -2.34. The van der Waals surface area contributed by atoms with Crippen LogP contribution >= 0.6 is 0 Å². The van der Waals surface area contributed by atoms with Gasteiger partial charge in [0.25, 0.3) is 0 Å². The molecular weight excluding hydrogens is 234 g/mol. The minimum absolute atomic E-state index is 0.136. The van der Waals surface area contributed by atoms with Crippen molar-refractivity contribution in [3.8, 4) is 0 Å². The highest BCUT2D eigenvalue weighted by Gasteiger charge is 2.27. The van der Waals surface area contributed by atoms with E-state index in [2.05, 4.69) is 0 Å². The second-order valence-corrected chi connectivity index (χ2v) is 4.94. The molecule has 1 heterocycles. The first-order valence-corrected chi connectivity index (χ1v) is 6.27. The molecule has 1 saturated carbocycles. The molecule has 0 saturated heterocycles. The van der Waals surface area contributed by atoms with E-state index in [1.807, 2.05) is 11.9 Å². The van der Waals surface area contributed by atoms with Crippen LogP contribution in [-0.4, -0.2) is 40.3 Å². The fraction of sp³-hybridized carbons (Fsp3) is 0.615. The number of furan rings is 1. The van der Waals surface area contributed by atoms with Gasteiger partial charge in [-0.3, -0.25) is 4.90 Å². The van der Waals surface area contributed by atoms with Gasteiger partial charge in [-0.05, 0) is 26.0 Å². The molecule has 1 aliphatic carbocycles. The van der Waals surface area contributed by atoms with Crippen LogP contribution in [0.1, 0.15) is 41.8 Å². The van der Waals surface area contributed by atoms with Crippen LogP contribution in [0, 0.1) is 0 Å². The van der Waals surface area contributed by atoms with Gasteiger partial charge in [0, 0.05) is 6.04 Å². The zero-order valence-corrected chi connectivity index (χ0v) is 10.5. The Bertz CT molecular complexity index is 415. The zero-order chi connectivity index (χ0) is 13.1. The van der Waals surface area contributed by atoms with Crippen molar-refractivity contribution in [2.24, 2.45) is 0 Å². The molecule has 2 atom stereocenters. The lowest BCUT2D eigenvalue weighted by molar-refractivity contribution is 0.0262. The number of aromatic carboxylic acids is 1. The Balaban J connectivity index is 1.97. The van der Waals surface area contributed by atoms with E-state index in [1.54, 1.807) is 0 Å². The Morgan fingerprint density at radius 3 is 2.83 bits per heavy atom. The van der Waals surface area contributed by atoms with Crippen LogP contribution in [-0.2, 0) is 6.54 Å². The number of hydrogen-bond acceptors (Lipinski definition) is 4. The molecule has 5 nitrogen and oxygen atoms in total. The van der Waals surface area contributed by atoms with Crippen molar-refractivity contribution < 1.29 is 19.4 Å². The first kappa shape index (κ1) is 13.1. The summed E-state index contributed by atoms with van der Waals surface area (Å²) >= 11 is 0. The minimum atomic E-state index is -0.981. The van der Waals surface area contributed by atoms with Crippen LogP contribution in [0.5, 0.6) is 0 Å². The molecule has 0 aromatic carbocycles. The highest BCUT2D eigenvalue weighted by Crippen LogP contribution is 2.23. The number of hydrogen-bond donors (Lipinski definition) is 2. The van der Waals surface area contributed by atoms with Crippen molar-refractivity contribution in [2.75, 3.05) is 7.05 Å². The molecule has 0 bridgehead atoms. The molecule has 0 spiro atoms. The van der Waals surface area contributed by atoms with Crippen molar-refractivity contribution in [1.82, 2.24) is 4.90 Å². The number of carbonyl (C=O) groups is 1. The number of rotatable bonds is 4. The summed E-state index contributed by atoms with van der Waals surface area (Å²) in [6.45, 7) is 0.523. The van der Waals surface area contributed by atoms with Crippen molar-refractivity contribution in [2.45, 2.75) is 44.4 Å². The number of carboxylic acids is 1. The Labute approximate surface area is 106 Å². The fourth-order valence-electron chi connectivity index (χ4n) is 2.54. The number of carboxylic acid groups (broad SMARTS) is 1. The second-order valence-electron chi connectivity index (χ2n) is 4.94. The van der Waals surface area contributed by atoms with Crippen LogP contribution in [0.2, 0.25) is 0 Å². The summed E-state index contributed by atoms with van der Waals surface area (Å²) < 4.78 is 5.22. The highest BCUT2D eigenvalue weighted by molar-refractivity contribution is 5.87. The third-order valence-corrected chi connectivity index (χ3v) is 3.57. The van der Waals surface area contributed by atoms with Crippen LogP contribution in [0.15, 0.2) is 16.7 Å². The normalized spacial score (nSPS) is 24.4. The number of nitrogens with zero attached hydrogens (tertiary/aromatic N) is 1. The Hall–Kier alpha value is -1.33. The second kappa shape index (κ2) is 5.54. The van der Waals surface area contributed by atoms with Crippen molar-refractivity contribution in [1.29, 1.82) is 0 Å². The molecule has 1 fully saturated rings. The smallest absolute Gasteiger partial charge is 0.338 e. The van der Waals surface area contributed by atoms with Crippen molar-refractivity contribution in [3.05, 3.63) is 23.7 Å². The molecule has 2 rings (SSSR count). The van der Waals surface area contributed by atoms with E-state index in [9.17, 15) is 9.90 Å². The van der Waals surface area contributed by atoms with Gasteiger partial charge in [-0.1, -0.05) is 12.8 Å². The molecule has 0 aliphatic heterocycles. The molecule has 2 N–H and O–H groups in total. The molecule has 1 aliphatic rings. The summed E-state index contributed by atoms with van der Waals surface area (Å²) in [5, 5.41) is 18.8. The summed E-state index contributed by atoms with van der Waals surface area (Å²) in [5.74, 6) is -0.363.